The fraction of sp³-hybridized carbons (Fsp3) is 0.308. The Kier molecular flexibility index (Phi) is 3.54. The molecule has 0 aliphatic heterocycles. The predicted octanol–water partition coefficient (Wildman–Crippen LogP) is 2.10. The molecule has 0 bridgehead atoms. The number of rotatable bonds is 4. The van der Waals surface area contributed by atoms with Crippen molar-refractivity contribution in [3.63, 3.8) is 0 Å². The second kappa shape index (κ2) is 5.10. The number of nitrogens with zero attached hydrogens (tertiary/aromatic N) is 2. The minimum Gasteiger partial charge on any atom is -0.316 e. The largest absolute Gasteiger partial charge is 0.316 e. The van der Waals surface area contributed by atoms with Crippen LogP contribution < -0.4 is 5.32 Å². The van der Waals surface area contributed by atoms with Gasteiger partial charge < -0.3 is 5.32 Å². The lowest BCUT2D eigenvalue weighted by atomic mass is 10.1. The summed E-state index contributed by atoms with van der Waals surface area (Å²) in [5, 5.41) is 7.22. The number of halogens is 1. The SMILES string of the molecule is CNCc1ccc(F)c(Cn2cc(C)cn2)c1. The van der Waals surface area contributed by atoms with Gasteiger partial charge in [0.25, 0.3) is 0 Å². The lowest BCUT2D eigenvalue weighted by Crippen LogP contribution is -2.07. The molecule has 0 saturated heterocycles. The number of aromatic nitrogens is 2. The lowest BCUT2D eigenvalue weighted by molar-refractivity contribution is 0.583. The Labute approximate surface area is 100 Å². The Bertz CT molecular complexity index is 505. The third-order valence-corrected chi connectivity index (χ3v) is 2.59. The fourth-order valence-electron chi connectivity index (χ4n) is 1.79. The molecule has 2 rings (SSSR count). The quantitative estimate of drug-likeness (QED) is 0.876. The van der Waals surface area contributed by atoms with Gasteiger partial charge >= 0.3 is 0 Å². The monoisotopic (exact) mass is 233 g/mol. The fourth-order valence-corrected chi connectivity index (χ4v) is 1.79. The molecule has 3 nitrogen and oxygen atoms in total. The van der Waals surface area contributed by atoms with Crippen LogP contribution in [0.1, 0.15) is 16.7 Å². The van der Waals surface area contributed by atoms with Crippen LogP contribution >= 0.6 is 0 Å². The van der Waals surface area contributed by atoms with E-state index in [9.17, 15) is 4.39 Å². The molecule has 0 unspecified atom stereocenters. The van der Waals surface area contributed by atoms with Crippen molar-refractivity contribution < 1.29 is 4.39 Å². The van der Waals surface area contributed by atoms with Crippen molar-refractivity contribution in [1.82, 2.24) is 15.1 Å². The van der Waals surface area contributed by atoms with E-state index >= 15 is 0 Å². The zero-order chi connectivity index (χ0) is 12.3. The van der Waals surface area contributed by atoms with Crippen molar-refractivity contribution in [2.75, 3.05) is 7.05 Å². The molecule has 0 fully saturated rings. The molecule has 0 saturated carbocycles. The average Bonchev–Trinajstić information content (AvgIpc) is 2.69. The van der Waals surface area contributed by atoms with Crippen LogP contribution in [-0.2, 0) is 13.1 Å². The molecule has 17 heavy (non-hydrogen) atoms. The smallest absolute Gasteiger partial charge is 0.128 e. The third kappa shape index (κ3) is 2.91. The summed E-state index contributed by atoms with van der Waals surface area (Å²) in [4.78, 5) is 0. The Morgan fingerprint density at radius 2 is 2.24 bits per heavy atom. The maximum atomic E-state index is 13.6. The molecule has 1 aromatic carbocycles. The van der Waals surface area contributed by atoms with Crippen molar-refractivity contribution >= 4 is 0 Å². The summed E-state index contributed by atoms with van der Waals surface area (Å²) < 4.78 is 15.4. The number of hydrogen-bond donors (Lipinski definition) is 1. The second-order valence-corrected chi connectivity index (χ2v) is 4.17. The van der Waals surface area contributed by atoms with E-state index in [1.807, 2.05) is 26.2 Å². The molecule has 4 heteroatoms. The molecule has 0 aliphatic carbocycles. The standard InChI is InChI=1S/C13H16FN3/c1-10-6-16-17(8-10)9-12-5-11(7-15-2)3-4-13(12)14/h3-6,8,15H,7,9H2,1-2H3. The molecule has 0 atom stereocenters. The van der Waals surface area contributed by atoms with E-state index in [-0.39, 0.29) is 5.82 Å². The summed E-state index contributed by atoms with van der Waals surface area (Å²) in [7, 11) is 1.87. The first-order valence-corrected chi connectivity index (χ1v) is 5.60. The van der Waals surface area contributed by atoms with E-state index in [0.717, 1.165) is 17.7 Å². The summed E-state index contributed by atoms with van der Waals surface area (Å²) in [6, 6.07) is 5.19. The number of benzene rings is 1. The minimum absolute atomic E-state index is 0.182. The zero-order valence-electron chi connectivity index (χ0n) is 10.1. The molecule has 1 N–H and O–H groups in total. The normalized spacial score (nSPS) is 10.8. The molecule has 1 aromatic heterocycles. The van der Waals surface area contributed by atoms with Gasteiger partial charge in [0.15, 0.2) is 0 Å². The Hall–Kier alpha value is -1.68. The van der Waals surface area contributed by atoms with Crippen LogP contribution in [0.4, 0.5) is 4.39 Å². The summed E-state index contributed by atoms with van der Waals surface area (Å²) in [5.41, 5.74) is 2.82. The van der Waals surface area contributed by atoms with Crippen LogP contribution in [0.5, 0.6) is 0 Å². The van der Waals surface area contributed by atoms with Gasteiger partial charge in [0.2, 0.25) is 0 Å². The van der Waals surface area contributed by atoms with Crippen molar-refractivity contribution in [2.45, 2.75) is 20.0 Å². The Morgan fingerprint density at radius 3 is 2.88 bits per heavy atom. The molecular formula is C13H16FN3. The van der Waals surface area contributed by atoms with Gasteiger partial charge in [-0.15, -0.1) is 0 Å². The van der Waals surface area contributed by atoms with E-state index in [2.05, 4.69) is 10.4 Å². The van der Waals surface area contributed by atoms with Crippen LogP contribution in [0.2, 0.25) is 0 Å². The predicted molar refractivity (Wildman–Crippen MR) is 65.2 cm³/mol. The summed E-state index contributed by atoms with van der Waals surface area (Å²) >= 11 is 0. The number of aryl methyl sites for hydroxylation is 1. The highest BCUT2D eigenvalue weighted by Crippen LogP contribution is 2.12. The number of nitrogens with one attached hydrogen (secondary N) is 1. The maximum Gasteiger partial charge on any atom is 0.128 e. The molecule has 90 valence electrons. The topological polar surface area (TPSA) is 29.9 Å². The van der Waals surface area contributed by atoms with Gasteiger partial charge in [-0.1, -0.05) is 6.07 Å². The van der Waals surface area contributed by atoms with Crippen molar-refractivity contribution in [3.05, 3.63) is 53.1 Å². The first-order chi connectivity index (χ1) is 8.19. The van der Waals surface area contributed by atoms with Gasteiger partial charge in [-0.25, -0.2) is 4.39 Å². The zero-order valence-corrected chi connectivity index (χ0v) is 10.1. The van der Waals surface area contributed by atoms with Gasteiger partial charge in [-0.3, -0.25) is 4.68 Å². The van der Waals surface area contributed by atoms with Gasteiger partial charge in [-0.2, -0.15) is 5.10 Å². The molecule has 0 spiro atoms. The molecule has 1 heterocycles. The van der Waals surface area contributed by atoms with E-state index in [4.69, 9.17) is 0 Å². The summed E-state index contributed by atoms with van der Waals surface area (Å²) in [6.07, 6.45) is 3.68. The van der Waals surface area contributed by atoms with E-state index in [1.165, 1.54) is 6.07 Å². The van der Waals surface area contributed by atoms with Crippen LogP contribution in [0, 0.1) is 12.7 Å². The molecular weight excluding hydrogens is 217 g/mol. The van der Waals surface area contributed by atoms with Gasteiger partial charge in [-0.05, 0) is 37.2 Å². The van der Waals surface area contributed by atoms with Crippen molar-refractivity contribution in [1.29, 1.82) is 0 Å². The van der Waals surface area contributed by atoms with Crippen LogP contribution in [0.25, 0.3) is 0 Å². The Morgan fingerprint density at radius 1 is 1.41 bits per heavy atom. The van der Waals surface area contributed by atoms with E-state index in [0.29, 0.717) is 12.1 Å². The van der Waals surface area contributed by atoms with E-state index in [1.54, 1.807) is 16.9 Å². The minimum atomic E-state index is -0.182. The van der Waals surface area contributed by atoms with Crippen LogP contribution in [0.3, 0.4) is 0 Å². The highest BCUT2D eigenvalue weighted by Gasteiger charge is 2.05. The van der Waals surface area contributed by atoms with Gasteiger partial charge in [0, 0.05) is 18.3 Å². The van der Waals surface area contributed by atoms with Crippen molar-refractivity contribution in [3.8, 4) is 0 Å². The summed E-state index contributed by atoms with van der Waals surface area (Å²) in [5.74, 6) is -0.182. The lowest BCUT2D eigenvalue weighted by Gasteiger charge is -2.07. The maximum absolute atomic E-state index is 13.6. The highest BCUT2D eigenvalue weighted by atomic mass is 19.1. The van der Waals surface area contributed by atoms with Crippen LogP contribution in [-0.4, -0.2) is 16.8 Å². The molecule has 0 radical (unpaired) electrons. The average molecular weight is 233 g/mol. The van der Waals surface area contributed by atoms with E-state index < -0.39 is 0 Å². The summed E-state index contributed by atoms with van der Waals surface area (Å²) in [6.45, 7) is 3.18. The molecule has 2 aromatic rings. The first kappa shape index (κ1) is 11.8. The van der Waals surface area contributed by atoms with Gasteiger partial charge in [0.1, 0.15) is 5.82 Å². The third-order valence-electron chi connectivity index (χ3n) is 2.59. The second-order valence-electron chi connectivity index (χ2n) is 4.17. The van der Waals surface area contributed by atoms with Gasteiger partial charge in [0.05, 0.1) is 12.7 Å². The molecule has 0 aliphatic rings. The first-order valence-electron chi connectivity index (χ1n) is 5.60. The number of hydrogen-bond acceptors (Lipinski definition) is 2. The van der Waals surface area contributed by atoms with Crippen molar-refractivity contribution in [2.24, 2.45) is 0 Å². The highest BCUT2D eigenvalue weighted by molar-refractivity contribution is 5.25. The molecule has 0 amide bonds. The van der Waals surface area contributed by atoms with Crippen LogP contribution in [0.15, 0.2) is 30.6 Å². The Balaban J connectivity index is 2.22.